The van der Waals surface area contributed by atoms with Gasteiger partial charge in [0.2, 0.25) is 0 Å². The Balaban J connectivity index is 3.13. The highest BCUT2D eigenvalue weighted by Gasteiger charge is 2.11. The number of rotatable bonds is 6. The molecule has 0 aromatic carbocycles. The second kappa shape index (κ2) is 5.97. The van der Waals surface area contributed by atoms with Gasteiger partial charge in [0.1, 0.15) is 0 Å². The molecule has 0 atom stereocenters. The average molecular weight is 200 g/mol. The van der Waals surface area contributed by atoms with E-state index in [-0.39, 0.29) is 0 Å². The molecule has 1 rings (SSSR count). The molecule has 0 spiro atoms. The van der Waals surface area contributed by atoms with Crippen molar-refractivity contribution < 1.29 is 4.57 Å². The molecule has 1 heteroatoms. The molecule has 0 saturated heterocycles. The van der Waals surface area contributed by atoms with Gasteiger partial charge < -0.3 is 0 Å². The molecule has 0 aliphatic heterocycles. The number of aromatic nitrogens is 1. The van der Waals surface area contributed by atoms with Crippen LogP contribution in [-0.4, -0.2) is 0 Å². The smallest absolute Gasteiger partial charge is 0.188 e. The first-order valence-electron chi connectivity index (χ1n) is 5.16. The highest BCUT2D eigenvalue weighted by atomic mass is 14.9. The maximum absolute atomic E-state index is 3.79. The van der Waals surface area contributed by atoms with Gasteiger partial charge in [-0.15, -0.1) is 13.2 Å². The van der Waals surface area contributed by atoms with Crippen LogP contribution in [0.25, 0.3) is 0 Å². The van der Waals surface area contributed by atoms with E-state index in [9.17, 15) is 0 Å². The van der Waals surface area contributed by atoms with Crippen molar-refractivity contribution in [3.8, 4) is 0 Å². The van der Waals surface area contributed by atoms with Crippen molar-refractivity contribution in [1.82, 2.24) is 0 Å². The fourth-order valence-corrected chi connectivity index (χ4v) is 1.67. The predicted molar refractivity (Wildman–Crippen MR) is 64.6 cm³/mol. The van der Waals surface area contributed by atoms with Crippen LogP contribution in [0.15, 0.2) is 56.3 Å². The fraction of sp³-hybridized carbons (Fsp3) is 0.214. The third kappa shape index (κ3) is 2.91. The summed E-state index contributed by atoms with van der Waals surface area (Å²) in [7, 11) is 0. The molecule has 0 fully saturated rings. The molecular weight excluding hydrogens is 182 g/mol. The number of allylic oxidation sites excluding steroid dienone is 3. The van der Waals surface area contributed by atoms with Gasteiger partial charge in [-0.3, -0.25) is 0 Å². The summed E-state index contributed by atoms with van der Waals surface area (Å²) in [6, 6.07) is 4.20. The highest BCUT2D eigenvalue weighted by molar-refractivity contribution is 5.20. The van der Waals surface area contributed by atoms with Gasteiger partial charge in [-0.2, -0.15) is 4.57 Å². The zero-order chi connectivity index (χ0) is 11.1. The lowest BCUT2D eigenvalue weighted by Crippen LogP contribution is -2.38. The van der Waals surface area contributed by atoms with Crippen molar-refractivity contribution in [3.63, 3.8) is 0 Å². The van der Waals surface area contributed by atoms with E-state index in [1.54, 1.807) is 0 Å². The third-order valence-electron chi connectivity index (χ3n) is 2.31. The summed E-state index contributed by atoms with van der Waals surface area (Å²) >= 11 is 0. The Bertz CT molecular complexity index is 335. The standard InChI is InChI=1S/C14H18N/c1-4-8-13-10-7-12-15(11-6-3)14(13)9-5-2/h4-7,10,12H,1-3,8-9,11H2/q+1. The second-order valence-electron chi connectivity index (χ2n) is 3.41. The summed E-state index contributed by atoms with van der Waals surface area (Å²) in [6.45, 7) is 12.2. The molecule has 0 amide bonds. The minimum Gasteiger partial charge on any atom is -0.198 e. The van der Waals surface area contributed by atoms with Gasteiger partial charge in [0.25, 0.3) is 0 Å². The van der Waals surface area contributed by atoms with Crippen LogP contribution in [0.2, 0.25) is 0 Å². The molecule has 1 aromatic heterocycles. The van der Waals surface area contributed by atoms with E-state index in [1.807, 2.05) is 18.2 Å². The second-order valence-corrected chi connectivity index (χ2v) is 3.41. The molecule has 15 heavy (non-hydrogen) atoms. The summed E-state index contributed by atoms with van der Waals surface area (Å²) < 4.78 is 2.20. The van der Waals surface area contributed by atoms with Crippen LogP contribution in [0.5, 0.6) is 0 Å². The van der Waals surface area contributed by atoms with Crippen LogP contribution in [0.1, 0.15) is 11.3 Å². The summed E-state index contributed by atoms with van der Waals surface area (Å²) in [4.78, 5) is 0. The van der Waals surface area contributed by atoms with Crippen molar-refractivity contribution in [2.24, 2.45) is 0 Å². The molecule has 0 aliphatic rings. The number of hydrogen-bond acceptors (Lipinski definition) is 0. The molecule has 0 unspecified atom stereocenters. The van der Waals surface area contributed by atoms with E-state index in [0.717, 1.165) is 19.4 Å². The Morgan fingerprint density at radius 2 is 1.80 bits per heavy atom. The lowest BCUT2D eigenvalue weighted by atomic mass is 10.1. The van der Waals surface area contributed by atoms with Crippen molar-refractivity contribution in [1.29, 1.82) is 0 Å². The summed E-state index contributed by atoms with van der Waals surface area (Å²) in [5.74, 6) is 0. The first-order chi connectivity index (χ1) is 7.33. The topological polar surface area (TPSA) is 3.88 Å². The van der Waals surface area contributed by atoms with Crippen LogP contribution in [0.3, 0.4) is 0 Å². The molecule has 78 valence electrons. The molecule has 0 bridgehead atoms. The lowest BCUT2D eigenvalue weighted by Gasteiger charge is -2.04. The van der Waals surface area contributed by atoms with E-state index in [1.165, 1.54) is 11.3 Å². The third-order valence-corrected chi connectivity index (χ3v) is 2.31. The molecule has 1 heterocycles. The quantitative estimate of drug-likeness (QED) is 0.491. The van der Waals surface area contributed by atoms with E-state index in [0.29, 0.717) is 0 Å². The largest absolute Gasteiger partial charge is 0.198 e. The summed E-state index contributed by atoms with van der Waals surface area (Å²) in [5, 5.41) is 0. The van der Waals surface area contributed by atoms with Crippen molar-refractivity contribution in [2.75, 3.05) is 0 Å². The van der Waals surface area contributed by atoms with Crippen molar-refractivity contribution in [2.45, 2.75) is 19.4 Å². The average Bonchev–Trinajstić information content (AvgIpc) is 2.23. The van der Waals surface area contributed by atoms with Crippen LogP contribution in [0.4, 0.5) is 0 Å². The van der Waals surface area contributed by atoms with Crippen molar-refractivity contribution >= 4 is 0 Å². The van der Waals surface area contributed by atoms with Crippen molar-refractivity contribution in [3.05, 3.63) is 67.6 Å². The normalized spacial score (nSPS) is 9.60. The van der Waals surface area contributed by atoms with Crippen LogP contribution in [-0.2, 0) is 19.4 Å². The Morgan fingerprint density at radius 1 is 1.07 bits per heavy atom. The van der Waals surface area contributed by atoms with Gasteiger partial charge in [0.15, 0.2) is 18.4 Å². The maximum atomic E-state index is 3.79. The van der Waals surface area contributed by atoms with E-state index < -0.39 is 0 Å². The number of nitrogens with zero attached hydrogens (tertiary/aromatic N) is 1. The highest BCUT2D eigenvalue weighted by Crippen LogP contribution is 2.06. The van der Waals surface area contributed by atoms with E-state index in [2.05, 4.69) is 42.6 Å². The first-order valence-corrected chi connectivity index (χ1v) is 5.16. The van der Waals surface area contributed by atoms with Crippen LogP contribution in [0, 0.1) is 0 Å². The lowest BCUT2D eigenvalue weighted by molar-refractivity contribution is -0.694. The molecule has 0 radical (unpaired) electrons. The number of hydrogen-bond donors (Lipinski definition) is 0. The van der Waals surface area contributed by atoms with Gasteiger partial charge in [0, 0.05) is 11.6 Å². The minimum atomic E-state index is 0.841. The van der Waals surface area contributed by atoms with Gasteiger partial charge in [0.05, 0.1) is 6.42 Å². The Labute approximate surface area is 92.1 Å². The molecule has 0 saturated carbocycles. The summed E-state index contributed by atoms with van der Waals surface area (Å²) in [6.07, 6.45) is 9.64. The van der Waals surface area contributed by atoms with Gasteiger partial charge >= 0.3 is 0 Å². The molecule has 0 aliphatic carbocycles. The molecule has 1 nitrogen and oxygen atoms in total. The Hall–Kier alpha value is -1.63. The number of pyridine rings is 1. The van der Waals surface area contributed by atoms with E-state index in [4.69, 9.17) is 0 Å². The Kier molecular flexibility index (Phi) is 4.55. The SMILES string of the molecule is C=CCc1ccc[n+](CC=C)c1CC=C. The monoisotopic (exact) mass is 200 g/mol. The Morgan fingerprint density at radius 3 is 2.40 bits per heavy atom. The zero-order valence-corrected chi connectivity index (χ0v) is 9.15. The zero-order valence-electron chi connectivity index (χ0n) is 9.15. The fourth-order valence-electron chi connectivity index (χ4n) is 1.67. The minimum absolute atomic E-state index is 0.841. The summed E-state index contributed by atoms with van der Waals surface area (Å²) in [5.41, 5.74) is 2.61. The van der Waals surface area contributed by atoms with Gasteiger partial charge in [-0.25, -0.2) is 0 Å². The maximum Gasteiger partial charge on any atom is 0.188 e. The predicted octanol–water partition coefficient (Wildman–Crippen LogP) is 2.62. The van der Waals surface area contributed by atoms with Gasteiger partial charge in [-0.05, 0) is 18.6 Å². The van der Waals surface area contributed by atoms with E-state index >= 15 is 0 Å². The first kappa shape index (κ1) is 11.4. The van der Waals surface area contributed by atoms with Crippen LogP contribution < -0.4 is 4.57 Å². The van der Waals surface area contributed by atoms with Gasteiger partial charge in [-0.1, -0.05) is 18.7 Å². The molecular formula is C14H18N+. The molecule has 0 N–H and O–H groups in total. The van der Waals surface area contributed by atoms with Crippen LogP contribution >= 0.6 is 0 Å². The molecule has 1 aromatic rings.